The Labute approximate surface area is 122 Å². The van der Waals surface area contributed by atoms with E-state index >= 15 is 0 Å². The fourth-order valence-electron chi connectivity index (χ4n) is 3.92. The number of carbonyl (C=O) groups is 1. The zero-order valence-corrected chi connectivity index (χ0v) is 12.4. The monoisotopic (exact) mass is 271 g/mol. The molecule has 2 nitrogen and oxygen atoms in total. The third-order valence-corrected chi connectivity index (χ3v) is 5.19. The molecule has 0 radical (unpaired) electrons. The van der Waals surface area contributed by atoms with E-state index in [1.807, 2.05) is 12.1 Å². The van der Waals surface area contributed by atoms with Crippen molar-refractivity contribution in [1.82, 2.24) is 5.32 Å². The molecule has 2 heteroatoms. The fraction of sp³-hybridized carbons (Fsp3) is 0.611. The molecule has 1 aliphatic heterocycles. The second-order valence-electron chi connectivity index (χ2n) is 6.38. The van der Waals surface area contributed by atoms with Crippen LogP contribution in [0.1, 0.15) is 54.9 Å². The van der Waals surface area contributed by atoms with Gasteiger partial charge in [-0.3, -0.25) is 4.79 Å². The second kappa shape index (κ2) is 6.09. The largest absolute Gasteiger partial charge is 0.313 e. The van der Waals surface area contributed by atoms with Gasteiger partial charge in [-0.25, -0.2) is 0 Å². The number of hydrogen-bond acceptors (Lipinski definition) is 2. The molecule has 0 amide bonds. The zero-order valence-electron chi connectivity index (χ0n) is 12.4. The number of hydrogen-bond donors (Lipinski definition) is 1. The van der Waals surface area contributed by atoms with Crippen LogP contribution in [0.3, 0.4) is 0 Å². The molecule has 1 heterocycles. The number of benzene rings is 1. The lowest BCUT2D eigenvalue weighted by molar-refractivity contribution is 0.0856. The summed E-state index contributed by atoms with van der Waals surface area (Å²) in [5.41, 5.74) is 2.23. The molecule has 1 saturated heterocycles. The topological polar surface area (TPSA) is 29.1 Å². The third-order valence-electron chi connectivity index (χ3n) is 5.19. The Hall–Kier alpha value is -1.15. The van der Waals surface area contributed by atoms with Crippen LogP contribution in [-0.4, -0.2) is 18.4 Å². The third kappa shape index (κ3) is 2.67. The Morgan fingerprint density at radius 2 is 2.10 bits per heavy atom. The van der Waals surface area contributed by atoms with E-state index in [1.165, 1.54) is 24.8 Å². The first-order chi connectivity index (χ1) is 9.79. The summed E-state index contributed by atoms with van der Waals surface area (Å²) in [6.07, 6.45) is 6.93. The Kier molecular flexibility index (Phi) is 4.21. The Bertz CT molecular complexity index is 482. The maximum absolute atomic E-state index is 12.9. The molecule has 108 valence electrons. The van der Waals surface area contributed by atoms with Crippen LogP contribution in [-0.2, 0) is 6.42 Å². The van der Waals surface area contributed by atoms with Crippen molar-refractivity contribution in [1.29, 1.82) is 0 Å². The molecule has 3 unspecified atom stereocenters. The van der Waals surface area contributed by atoms with Crippen molar-refractivity contribution in [3.05, 3.63) is 35.4 Å². The van der Waals surface area contributed by atoms with Gasteiger partial charge in [0.25, 0.3) is 0 Å². The number of aryl methyl sites for hydroxylation is 1. The smallest absolute Gasteiger partial charge is 0.167 e. The van der Waals surface area contributed by atoms with Gasteiger partial charge in [0.05, 0.1) is 0 Å². The minimum absolute atomic E-state index is 0.188. The number of ketones is 1. The normalized spacial score (nSPS) is 30.6. The van der Waals surface area contributed by atoms with Gasteiger partial charge in [-0.05, 0) is 50.1 Å². The average Bonchev–Trinajstić information content (AvgIpc) is 2.67. The van der Waals surface area contributed by atoms with Crippen molar-refractivity contribution in [2.24, 2.45) is 11.8 Å². The average molecular weight is 271 g/mol. The molecular formula is C18H25NO. The quantitative estimate of drug-likeness (QED) is 0.833. The summed E-state index contributed by atoms with van der Waals surface area (Å²) >= 11 is 0. The molecular weight excluding hydrogens is 246 g/mol. The lowest BCUT2D eigenvalue weighted by Crippen LogP contribution is -2.45. The molecule has 1 N–H and O–H groups in total. The van der Waals surface area contributed by atoms with Crippen LogP contribution < -0.4 is 5.32 Å². The molecule has 0 aromatic heterocycles. The number of Topliss-reactive ketones (excluding diaryl/α,β-unsaturated/α-hetero) is 1. The maximum Gasteiger partial charge on any atom is 0.167 e. The van der Waals surface area contributed by atoms with E-state index in [-0.39, 0.29) is 5.92 Å². The highest BCUT2D eigenvalue weighted by Crippen LogP contribution is 2.31. The van der Waals surface area contributed by atoms with Crippen molar-refractivity contribution in [3.8, 4) is 0 Å². The molecule has 1 aromatic rings. The van der Waals surface area contributed by atoms with Crippen molar-refractivity contribution in [2.75, 3.05) is 6.54 Å². The number of piperidine rings is 1. The molecule has 0 spiro atoms. The van der Waals surface area contributed by atoms with Crippen molar-refractivity contribution < 1.29 is 4.79 Å². The fourth-order valence-corrected chi connectivity index (χ4v) is 3.92. The van der Waals surface area contributed by atoms with Gasteiger partial charge in [-0.1, -0.05) is 37.6 Å². The molecule has 1 aromatic carbocycles. The number of nitrogens with one attached hydrogen (secondary N) is 1. The first kappa shape index (κ1) is 13.8. The SMILES string of the molecule is CCC1CCNC(C2CCCc3ccccc3C2=O)C1. The van der Waals surface area contributed by atoms with Gasteiger partial charge in [-0.15, -0.1) is 0 Å². The summed E-state index contributed by atoms with van der Waals surface area (Å²) in [5.74, 6) is 1.37. The van der Waals surface area contributed by atoms with E-state index in [4.69, 9.17) is 0 Å². The highest BCUT2D eigenvalue weighted by atomic mass is 16.1. The molecule has 2 aliphatic rings. The summed E-state index contributed by atoms with van der Waals surface area (Å²) in [4.78, 5) is 12.9. The molecule has 0 bridgehead atoms. The van der Waals surface area contributed by atoms with Gasteiger partial charge < -0.3 is 5.32 Å². The highest BCUT2D eigenvalue weighted by Gasteiger charge is 2.34. The number of fused-ring (bicyclic) bond motifs is 1. The van der Waals surface area contributed by atoms with Crippen molar-refractivity contribution >= 4 is 5.78 Å². The number of carbonyl (C=O) groups excluding carboxylic acids is 1. The lowest BCUT2D eigenvalue weighted by Gasteiger charge is -2.34. The van der Waals surface area contributed by atoms with Crippen LogP contribution in [0.4, 0.5) is 0 Å². The standard InChI is InChI=1S/C18H25NO/c1-2-13-10-11-19-17(12-13)16-9-5-7-14-6-3-4-8-15(14)18(16)20/h3-4,6,8,13,16-17,19H,2,5,7,9-12H2,1H3. The highest BCUT2D eigenvalue weighted by molar-refractivity contribution is 6.00. The van der Waals surface area contributed by atoms with Crippen LogP contribution in [0.25, 0.3) is 0 Å². The minimum atomic E-state index is 0.188. The first-order valence-corrected chi connectivity index (χ1v) is 8.15. The maximum atomic E-state index is 12.9. The van der Waals surface area contributed by atoms with Gasteiger partial charge in [0.15, 0.2) is 5.78 Å². The van der Waals surface area contributed by atoms with Crippen LogP contribution in [0.15, 0.2) is 24.3 Å². The predicted octanol–water partition coefficient (Wildman–Crippen LogP) is 3.60. The second-order valence-corrected chi connectivity index (χ2v) is 6.38. The van der Waals surface area contributed by atoms with Gasteiger partial charge in [0, 0.05) is 17.5 Å². The molecule has 3 atom stereocenters. The molecule has 1 aliphatic carbocycles. The number of rotatable bonds is 2. The molecule has 3 rings (SSSR count). The van der Waals surface area contributed by atoms with E-state index in [0.717, 1.165) is 37.3 Å². The Morgan fingerprint density at radius 3 is 2.95 bits per heavy atom. The van der Waals surface area contributed by atoms with Gasteiger partial charge in [-0.2, -0.15) is 0 Å². The predicted molar refractivity (Wildman–Crippen MR) is 82.0 cm³/mol. The summed E-state index contributed by atoms with van der Waals surface area (Å²) in [5, 5.41) is 3.62. The Balaban J connectivity index is 1.82. The van der Waals surface area contributed by atoms with Gasteiger partial charge >= 0.3 is 0 Å². The lowest BCUT2D eigenvalue weighted by atomic mass is 9.80. The Morgan fingerprint density at radius 1 is 1.25 bits per heavy atom. The summed E-state index contributed by atoms with van der Waals surface area (Å²) in [6.45, 7) is 3.35. The summed E-state index contributed by atoms with van der Waals surface area (Å²) < 4.78 is 0. The van der Waals surface area contributed by atoms with E-state index in [9.17, 15) is 4.79 Å². The van der Waals surface area contributed by atoms with Crippen molar-refractivity contribution in [3.63, 3.8) is 0 Å². The van der Waals surface area contributed by atoms with E-state index in [0.29, 0.717) is 11.8 Å². The zero-order chi connectivity index (χ0) is 13.9. The summed E-state index contributed by atoms with van der Waals surface area (Å²) in [6, 6.07) is 8.60. The van der Waals surface area contributed by atoms with E-state index in [2.05, 4.69) is 24.4 Å². The van der Waals surface area contributed by atoms with E-state index < -0.39 is 0 Å². The minimum Gasteiger partial charge on any atom is -0.313 e. The van der Waals surface area contributed by atoms with Crippen LogP contribution in [0, 0.1) is 11.8 Å². The van der Waals surface area contributed by atoms with E-state index in [1.54, 1.807) is 0 Å². The first-order valence-electron chi connectivity index (χ1n) is 8.15. The van der Waals surface area contributed by atoms with Crippen molar-refractivity contribution in [2.45, 2.75) is 51.5 Å². The molecule has 1 fully saturated rings. The van der Waals surface area contributed by atoms with Crippen LogP contribution in [0.5, 0.6) is 0 Å². The van der Waals surface area contributed by atoms with Crippen LogP contribution in [0.2, 0.25) is 0 Å². The molecule has 20 heavy (non-hydrogen) atoms. The summed E-state index contributed by atoms with van der Waals surface area (Å²) in [7, 11) is 0. The van der Waals surface area contributed by atoms with Gasteiger partial charge in [0.1, 0.15) is 0 Å². The van der Waals surface area contributed by atoms with Crippen LogP contribution >= 0.6 is 0 Å². The molecule has 0 saturated carbocycles. The van der Waals surface area contributed by atoms with Gasteiger partial charge in [0.2, 0.25) is 0 Å².